The van der Waals surface area contributed by atoms with Crippen LogP contribution < -0.4 is 0 Å². The molecule has 1 aromatic rings. The fourth-order valence-corrected chi connectivity index (χ4v) is 3.39. The van der Waals surface area contributed by atoms with Gasteiger partial charge in [-0.1, -0.05) is 52.9 Å². The van der Waals surface area contributed by atoms with E-state index >= 15 is 0 Å². The van der Waals surface area contributed by atoms with Crippen LogP contribution in [0.2, 0.25) is 0 Å². The molecule has 0 aliphatic heterocycles. The van der Waals surface area contributed by atoms with Crippen molar-refractivity contribution in [3.63, 3.8) is 0 Å². The first kappa shape index (κ1) is 12.6. The molecule has 1 fully saturated rings. The van der Waals surface area contributed by atoms with Gasteiger partial charge in [-0.3, -0.25) is 4.79 Å². The van der Waals surface area contributed by atoms with Gasteiger partial charge >= 0.3 is 5.97 Å². The zero-order valence-electron chi connectivity index (χ0n) is 10.0. The summed E-state index contributed by atoms with van der Waals surface area (Å²) in [5, 5.41) is 9.64. The van der Waals surface area contributed by atoms with E-state index in [1.54, 1.807) is 0 Å². The Hall–Kier alpha value is -0.830. The monoisotopic (exact) mass is 296 g/mol. The molecule has 3 heteroatoms. The standard InChI is InChI=1S/C14H17BrO2/c1-10-5-6-12(15)11(9-10)14(13(16)17)7-3-2-4-8-14/h5-6,9H,2-4,7-8H2,1H3,(H,16,17). The molecule has 1 N–H and O–H groups in total. The van der Waals surface area contributed by atoms with E-state index in [-0.39, 0.29) is 0 Å². The van der Waals surface area contributed by atoms with Crippen molar-refractivity contribution in [2.45, 2.75) is 44.4 Å². The van der Waals surface area contributed by atoms with Crippen LogP contribution in [-0.4, -0.2) is 11.1 Å². The molecule has 0 atom stereocenters. The maximum atomic E-state index is 11.7. The van der Waals surface area contributed by atoms with Crippen LogP contribution in [0.5, 0.6) is 0 Å². The zero-order valence-corrected chi connectivity index (χ0v) is 11.6. The van der Waals surface area contributed by atoms with Crippen LogP contribution in [0.25, 0.3) is 0 Å². The molecule has 0 radical (unpaired) electrons. The van der Waals surface area contributed by atoms with Gasteiger partial charge in [-0.25, -0.2) is 0 Å². The molecular formula is C14H17BrO2. The third-order valence-corrected chi connectivity index (χ3v) is 4.45. The molecule has 1 aliphatic rings. The average molecular weight is 297 g/mol. The smallest absolute Gasteiger partial charge is 0.314 e. The summed E-state index contributed by atoms with van der Waals surface area (Å²) in [6.07, 6.45) is 4.67. The van der Waals surface area contributed by atoms with Gasteiger partial charge in [0.15, 0.2) is 0 Å². The normalized spacial score (nSPS) is 18.9. The molecule has 0 aromatic heterocycles. The molecule has 17 heavy (non-hydrogen) atoms. The minimum Gasteiger partial charge on any atom is -0.481 e. The van der Waals surface area contributed by atoms with Gasteiger partial charge in [-0.05, 0) is 31.4 Å². The lowest BCUT2D eigenvalue weighted by molar-refractivity contribution is -0.145. The van der Waals surface area contributed by atoms with Crippen molar-refractivity contribution < 1.29 is 9.90 Å². The molecule has 0 saturated heterocycles. The topological polar surface area (TPSA) is 37.3 Å². The third-order valence-electron chi connectivity index (χ3n) is 3.75. The van der Waals surface area contributed by atoms with E-state index in [0.717, 1.165) is 47.7 Å². The van der Waals surface area contributed by atoms with Crippen molar-refractivity contribution >= 4 is 21.9 Å². The van der Waals surface area contributed by atoms with Gasteiger partial charge in [0.05, 0.1) is 5.41 Å². The molecule has 1 saturated carbocycles. The van der Waals surface area contributed by atoms with Crippen LogP contribution in [-0.2, 0) is 10.2 Å². The van der Waals surface area contributed by atoms with E-state index in [9.17, 15) is 9.90 Å². The molecule has 92 valence electrons. The Kier molecular flexibility index (Phi) is 3.57. The molecule has 2 nitrogen and oxygen atoms in total. The first-order valence-corrected chi connectivity index (χ1v) is 6.85. The summed E-state index contributed by atoms with van der Waals surface area (Å²) in [5.74, 6) is -0.677. The number of halogens is 1. The highest BCUT2D eigenvalue weighted by Crippen LogP contribution is 2.42. The number of benzene rings is 1. The average Bonchev–Trinajstić information content (AvgIpc) is 2.33. The molecule has 0 spiro atoms. The Morgan fingerprint density at radius 1 is 1.29 bits per heavy atom. The van der Waals surface area contributed by atoms with Gasteiger partial charge in [-0.15, -0.1) is 0 Å². The molecule has 0 heterocycles. The number of aryl methyl sites for hydroxylation is 1. The summed E-state index contributed by atoms with van der Waals surface area (Å²) in [6, 6.07) is 5.99. The van der Waals surface area contributed by atoms with E-state index in [0.29, 0.717) is 0 Å². The molecule has 0 unspecified atom stereocenters. The van der Waals surface area contributed by atoms with Crippen molar-refractivity contribution in [1.82, 2.24) is 0 Å². The molecule has 2 rings (SSSR count). The fourth-order valence-electron chi connectivity index (χ4n) is 2.76. The number of carboxylic acid groups (broad SMARTS) is 1. The number of carbonyl (C=O) groups is 1. The first-order valence-electron chi connectivity index (χ1n) is 6.06. The van der Waals surface area contributed by atoms with Gasteiger partial charge in [0.2, 0.25) is 0 Å². The molecule has 0 bridgehead atoms. The number of hydrogen-bond acceptors (Lipinski definition) is 1. The summed E-state index contributed by atoms with van der Waals surface area (Å²) in [4.78, 5) is 11.7. The van der Waals surface area contributed by atoms with Crippen LogP contribution in [0, 0.1) is 6.92 Å². The van der Waals surface area contributed by atoms with Crippen LogP contribution in [0.4, 0.5) is 0 Å². The Bertz CT molecular complexity index is 434. The van der Waals surface area contributed by atoms with Gasteiger partial charge in [-0.2, -0.15) is 0 Å². The molecule has 0 amide bonds. The number of carboxylic acids is 1. The van der Waals surface area contributed by atoms with Gasteiger partial charge in [0.25, 0.3) is 0 Å². The highest BCUT2D eigenvalue weighted by molar-refractivity contribution is 9.10. The van der Waals surface area contributed by atoms with E-state index in [4.69, 9.17) is 0 Å². The highest BCUT2D eigenvalue weighted by Gasteiger charge is 2.42. The minimum atomic E-state index is -0.677. The Balaban J connectivity index is 2.52. The maximum Gasteiger partial charge on any atom is 0.314 e. The Labute approximate surface area is 110 Å². The van der Waals surface area contributed by atoms with E-state index in [1.807, 2.05) is 25.1 Å². The van der Waals surface area contributed by atoms with E-state index < -0.39 is 11.4 Å². The van der Waals surface area contributed by atoms with Crippen LogP contribution in [0.1, 0.15) is 43.2 Å². The van der Waals surface area contributed by atoms with E-state index in [2.05, 4.69) is 15.9 Å². The Morgan fingerprint density at radius 2 is 1.94 bits per heavy atom. The zero-order chi connectivity index (χ0) is 12.5. The second kappa shape index (κ2) is 4.81. The second-order valence-corrected chi connectivity index (χ2v) is 5.79. The van der Waals surface area contributed by atoms with Crippen molar-refractivity contribution in [1.29, 1.82) is 0 Å². The predicted molar refractivity (Wildman–Crippen MR) is 71.3 cm³/mol. The van der Waals surface area contributed by atoms with Crippen LogP contribution in [0.3, 0.4) is 0 Å². The number of aliphatic carboxylic acids is 1. The largest absolute Gasteiger partial charge is 0.481 e. The summed E-state index contributed by atoms with van der Waals surface area (Å²) >= 11 is 3.51. The quantitative estimate of drug-likeness (QED) is 0.894. The molecule has 1 aliphatic carbocycles. The summed E-state index contributed by atoms with van der Waals surface area (Å²) in [6.45, 7) is 2.01. The molecule has 1 aromatic carbocycles. The molecular weight excluding hydrogens is 280 g/mol. The van der Waals surface area contributed by atoms with Gasteiger partial charge in [0.1, 0.15) is 0 Å². The van der Waals surface area contributed by atoms with Gasteiger partial charge < -0.3 is 5.11 Å². The van der Waals surface area contributed by atoms with Crippen LogP contribution in [0.15, 0.2) is 22.7 Å². The van der Waals surface area contributed by atoms with Crippen molar-refractivity contribution in [2.75, 3.05) is 0 Å². The number of hydrogen-bond donors (Lipinski definition) is 1. The minimum absolute atomic E-state index is 0.677. The van der Waals surface area contributed by atoms with E-state index in [1.165, 1.54) is 0 Å². The maximum absolute atomic E-state index is 11.7. The Morgan fingerprint density at radius 3 is 2.53 bits per heavy atom. The van der Waals surface area contributed by atoms with Crippen molar-refractivity contribution in [2.24, 2.45) is 0 Å². The van der Waals surface area contributed by atoms with Crippen molar-refractivity contribution in [3.05, 3.63) is 33.8 Å². The summed E-state index contributed by atoms with van der Waals surface area (Å²) in [7, 11) is 0. The third kappa shape index (κ3) is 2.25. The first-order chi connectivity index (χ1) is 8.06. The van der Waals surface area contributed by atoms with Gasteiger partial charge in [0, 0.05) is 4.47 Å². The lowest BCUT2D eigenvalue weighted by Gasteiger charge is -2.34. The number of rotatable bonds is 2. The summed E-state index contributed by atoms with van der Waals surface area (Å²) < 4.78 is 0.924. The fraction of sp³-hybridized carbons (Fsp3) is 0.500. The van der Waals surface area contributed by atoms with Crippen LogP contribution >= 0.6 is 15.9 Å². The SMILES string of the molecule is Cc1ccc(Br)c(C2(C(=O)O)CCCCC2)c1. The lowest BCUT2D eigenvalue weighted by Crippen LogP contribution is -2.38. The highest BCUT2D eigenvalue weighted by atomic mass is 79.9. The van der Waals surface area contributed by atoms with Crippen molar-refractivity contribution in [3.8, 4) is 0 Å². The second-order valence-electron chi connectivity index (χ2n) is 4.93. The summed E-state index contributed by atoms with van der Waals surface area (Å²) in [5.41, 5.74) is 1.39. The predicted octanol–water partition coefficient (Wildman–Crippen LogP) is 4.04. The lowest BCUT2D eigenvalue weighted by atomic mass is 9.69.